The Morgan fingerprint density at radius 1 is 1.25 bits per heavy atom. The van der Waals surface area contributed by atoms with Crippen molar-refractivity contribution in [2.24, 2.45) is 12.0 Å². The van der Waals surface area contributed by atoms with Crippen molar-refractivity contribution >= 4 is 29.9 Å². The highest BCUT2D eigenvalue weighted by Gasteiger charge is 2.25. The van der Waals surface area contributed by atoms with Gasteiger partial charge >= 0.3 is 0 Å². The summed E-state index contributed by atoms with van der Waals surface area (Å²) in [4.78, 5) is 7.16. The topological polar surface area (TPSA) is 54.7 Å². The average Bonchev–Trinajstić information content (AvgIpc) is 3.14. The van der Waals surface area contributed by atoms with E-state index in [1.165, 1.54) is 11.1 Å². The van der Waals surface area contributed by atoms with Crippen LogP contribution >= 0.6 is 24.0 Å². The molecule has 2 aromatic rings. The minimum Gasteiger partial charge on any atom is -0.370 e. The second kappa shape index (κ2) is 11.4. The summed E-state index contributed by atoms with van der Waals surface area (Å²) in [6.07, 6.45) is 5.99. The minimum atomic E-state index is 0. The maximum atomic E-state index is 5.95. The Kier molecular flexibility index (Phi) is 9.24. The number of benzene rings is 1. The molecule has 1 fully saturated rings. The molecule has 1 N–H and O–H groups in total. The molecule has 0 amide bonds. The van der Waals surface area contributed by atoms with Gasteiger partial charge in [-0.05, 0) is 30.9 Å². The molecular weight excluding hydrogens is 465 g/mol. The molecule has 1 aromatic heterocycles. The van der Waals surface area contributed by atoms with Crippen molar-refractivity contribution in [1.82, 2.24) is 20.0 Å². The average molecular weight is 497 g/mol. The van der Waals surface area contributed by atoms with Gasteiger partial charge in [0, 0.05) is 38.4 Å². The summed E-state index contributed by atoms with van der Waals surface area (Å²) >= 11 is 0. The Morgan fingerprint density at radius 2 is 2.00 bits per heavy atom. The van der Waals surface area contributed by atoms with Gasteiger partial charge in [0.1, 0.15) is 6.10 Å². The normalized spacial score (nSPS) is 17.3. The summed E-state index contributed by atoms with van der Waals surface area (Å²) in [6.45, 7) is 8.28. The predicted octanol–water partition coefficient (Wildman–Crippen LogP) is 3.18. The number of hydrogen-bond donors (Lipinski definition) is 1. The van der Waals surface area contributed by atoms with E-state index in [0.717, 1.165) is 50.5 Å². The molecule has 0 bridgehead atoms. The van der Waals surface area contributed by atoms with Crippen LogP contribution in [0.3, 0.4) is 0 Å². The highest BCUT2D eigenvalue weighted by atomic mass is 127. The third kappa shape index (κ3) is 6.20. The number of ether oxygens (including phenoxy) is 1. The number of morpholine rings is 1. The van der Waals surface area contributed by atoms with Crippen molar-refractivity contribution in [3.8, 4) is 0 Å². The second-order valence-corrected chi connectivity index (χ2v) is 6.91. The molecule has 3 rings (SSSR count). The number of aliphatic imine (C=N–C) groups is 1. The van der Waals surface area contributed by atoms with Crippen molar-refractivity contribution in [3.63, 3.8) is 0 Å². The van der Waals surface area contributed by atoms with Crippen LogP contribution in [0.4, 0.5) is 0 Å². The van der Waals surface area contributed by atoms with Gasteiger partial charge in [-0.1, -0.05) is 31.2 Å². The van der Waals surface area contributed by atoms with Gasteiger partial charge < -0.3 is 15.0 Å². The van der Waals surface area contributed by atoms with E-state index in [2.05, 4.69) is 53.4 Å². The van der Waals surface area contributed by atoms with Crippen molar-refractivity contribution < 1.29 is 4.74 Å². The SMILES string of the molecule is CCNC(=NCCc1ccc(CC)cc1)N1CCOC(c2cnn(C)c2)C1.I. The largest absolute Gasteiger partial charge is 0.370 e. The molecule has 0 aliphatic carbocycles. The number of nitrogens with one attached hydrogen (secondary N) is 1. The van der Waals surface area contributed by atoms with Gasteiger partial charge in [0.25, 0.3) is 0 Å². The maximum absolute atomic E-state index is 5.95. The molecule has 0 radical (unpaired) electrons. The summed E-state index contributed by atoms with van der Waals surface area (Å²) in [7, 11) is 1.93. The van der Waals surface area contributed by atoms with E-state index in [0.29, 0.717) is 6.61 Å². The van der Waals surface area contributed by atoms with Crippen LogP contribution in [-0.2, 0) is 24.6 Å². The first-order valence-electron chi connectivity index (χ1n) is 9.90. The lowest BCUT2D eigenvalue weighted by Gasteiger charge is -2.34. The van der Waals surface area contributed by atoms with E-state index in [1.807, 2.05) is 24.1 Å². The number of guanidine groups is 1. The van der Waals surface area contributed by atoms with Crippen molar-refractivity contribution in [2.75, 3.05) is 32.8 Å². The summed E-state index contributed by atoms with van der Waals surface area (Å²) in [5, 5.41) is 7.70. The van der Waals surface area contributed by atoms with E-state index >= 15 is 0 Å². The van der Waals surface area contributed by atoms with E-state index in [9.17, 15) is 0 Å². The summed E-state index contributed by atoms with van der Waals surface area (Å²) in [6, 6.07) is 8.86. The Balaban J connectivity index is 0.00000280. The highest BCUT2D eigenvalue weighted by molar-refractivity contribution is 14.0. The van der Waals surface area contributed by atoms with Crippen molar-refractivity contribution in [1.29, 1.82) is 0 Å². The third-order valence-corrected chi connectivity index (χ3v) is 4.89. The molecule has 1 aromatic carbocycles. The minimum absolute atomic E-state index is 0. The highest BCUT2D eigenvalue weighted by Crippen LogP contribution is 2.21. The zero-order chi connectivity index (χ0) is 19.1. The molecule has 0 saturated carbocycles. The molecule has 154 valence electrons. The predicted molar refractivity (Wildman–Crippen MR) is 124 cm³/mol. The zero-order valence-corrected chi connectivity index (χ0v) is 19.4. The maximum Gasteiger partial charge on any atom is 0.194 e. The summed E-state index contributed by atoms with van der Waals surface area (Å²) < 4.78 is 7.77. The van der Waals surface area contributed by atoms with E-state index in [-0.39, 0.29) is 30.1 Å². The molecule has 7 heteroatoms. The Morgan fingerprint density at radius 3 is 2.64 bits per heavy atom. The smallest absolute Gasteiger partial charge is 0.194 e. The van der Waals surface area contributed by atoms with Gasteiger partial charge in [-0.3, -0.25) is 9.67 Å². The fourth-order valence-electron chi connectivity index (χ4n) is 3.31. The quantitative estimate of drug-likeness (QED) is 0.379. The van der Waals surface area contributed by atoms with Crippen LogP contribution < -0.4 is 5.32 Å². The lowest BCUT2D eigenvalue weighted by atomic mass is 10.1. The Hall–Kier alpha value is -1.61. The lowest BCUT2D eigenvalue weighted by Crippen LogP contribution is -2.48. The molecule has 2 heterocycles. The van der Waals surface area contributed by atoms with Crippen molar-refractivity contribution in [3.05, 3.63) is 53.3 Å². The Bertz CT molecular complexity index is 744. The van der Waals surface area contributed by atoms with Gasteiger partial charge in [0.2, 0.25) is 0 Å². The van der Waals surface area contributed by atoms with Crippen LogP contribution in [0.1, 0.15) is 36.6 Å². The van der Waals surface area contributed by atoms with E-state index in [4.69, 9.17) is 9.73 Å². The number of aryl methyl sites for hydroxylation is 2. The zero-order valence-electron chi connectivity index (χ0n) is 17.1. The molecule has 28 heavy (non-hydrogen) atoms. The lowest BCUT2D eigenvalue weighted by molar-refractivity contribution is -0.00803. The molecule has 1 aliphatic heterocycles. The monoisotopic (exact) mass is 497 g/mol. The van der Waals surface area contributed by atoms with Crippen molar-refractivity contribution in [2.45, 2.75) is 32.8 Å². The number of aromatic nitrogens is 2. The fourth-order valence-corrected chi connectivity index (χ4v) is 3.31. The first kappa shape index (κ1) is 22.7. The van der Waals surface area contributed by atoms with Gasteiger partial charge in [0.05, 0.1) is 19.3 Å². The first-order valence-corrected chi connectivity index (χ1v) is 9.90. The van der Waals surface area contributed by atoms with Crippen LogP contribution in [0.15, 0.2) is 41.7 Å². The number of rotatable bonds is 6. The van der Waals surface area contributed by atoms with Gasteiger partial charge in [-0.2, -0.15) is 5.10 Å². The van der Waals surface area contributed by atoms with E-state index < -0.39 is 0 Å². The standard InChI is InChI=1S/C21H31N5O.HI/c1-4-17-6-8-18(9-7-17)10-11-23-21(22-5-2)26-12-13-27-20(16-26)19-14-24-25(3)15-19;/h6-9,14-15,20H,4-5,10-13,16H2,1-3H3,(H,22,23);1H. The number of hydrogen-bond acceptors (Lipinski definition) is 3. The van der Waals surface area contributed by atoms with Gasteiger partial charge in [-0.15, -0.1) is 24.0 Å². The molecule has 6 nitrogen and oxygen atoms in total. The number of halogens is 1. The molecule has 1 atom stereocenters. The molecule has 1 saturated heterocycles. The molecule has 0 spiro atoms. The first-order chi connectivity index (χ1) is 13.2. The fraction of sp³-hybridized carbons (Fsp3) is 0.524. The van der Waals surface area contributed by atoms with Crippen LogP contribution in [-0.4, -0.2) is 53.4 Å². The molecular formula is C21H32IN5O. The third-order valence-electron chi connectivity index (χ3n) is 4.89. The van der Waals surface area contributed by atoms with Crippen LogP contribution in [0.25, 0.3) is 0 Å². The number of nitrogens with zero attached hydrogens (tertiary/aromatic N) is 4. The van der Waals surface area contributed by atoms with Gasteiger partial charge in [-0.25, -0.2) is 0 Å². The Labute approximate surface area is 185 Å². The van der Waals surface area contributed by atoms with Gasteiger partial charge in [0.15, 0.2) is 5.96 Å². The molecule has 1 aliphatic rings. The summed E-state index contributed by atoms with van der Waals surface area (Å²) in [5.74, 6) is 0.972. The van der Waals surface area contributed by atoms with Crippen LogP contribution in [0, 0.1) is 0 Å². The molecule has 1 unspecified atom stereocenters. The van der Waals surface area contributed by atoms with Crippen LogP contribution in [0.2, 0.25) is 0 Å². The van der Waals surface area contributed by atoms with E-state index in [1.54, 1.807) is 0 Å². The van der Waals surface area contributed by atoms with Crippen LogP contribution in [0.5, 0.6) is 0 Å². The second-order valence-electron chi connectivity index (χ2n) is 6.91. The summed E-state index contributed by atoms with van der Waals surface area (Å²) in [5.41, 5.74) is 3.83.